The topological polar surface area (TPSA) is 49.9 Å². The van der Waals surface area contributed by atoms with Crippen LogP contribution in [0.1, 0.15) is 56.2 Å². The summed E-state index contributed by atoms with van der Waals surface area (Å²) in [6.07, 6.45) is 4.04. The maximum Gasteiger partial charge on any atom is 0.251 e. The Bertz CT molecular complexity index is 718. The molecule has 28 heavy (non-hydrogen) atoms. The Kier molecular flexibility index (Phi) is 6.76. The van der Waals surface area contributed by atoms with Gasteiger partial charge in [0.2, 0.25) is 5.91 Å². The maximum absolute atomic E-state index is 12.9. The molecule has 3 atom stereocenters. The number of carbonyl (C=O) groups is 2. The molecule has 3 saturated heterocycles. The fraction of sp³-hybridized carbons (Fsp3) is 0.652. The standard InChI is InChI=1S/C23H34N2O3/c1-5-6-11-28-18(4)23(27)25-15-20-9-10-21(25)14-24(20)22(26)13-19-8-7-16(2)17(3)12-19/h7-8,12,18,20-21H,5-6,9-11,13-15H2,1-4H3. The lowest BCUT2D eigenvalue weighted by Gasteiger charge is -2.52. The summed E-state index contributed by atoms with van der Waals surface area (Å²) >= 11 is 0. The number of aryl methyl sites for hydroxylation is 2. The minimum atomic E-state index is -0.398. The molecule has 0 saturated carbocycles. The van der Waals surface area contributed by atoms with Crippen molar-refractivity contribution in [2.24, 2.45) is 0 Å². The largest absolute Gasteiger partial charge is 0.369 e. The van der Waals surface area contributed by atoms with Crippen molar-refractivity contribution < 1.29 is 14.3 Å². The van der Waals surface area contributed by atoms with Crippen LogP contribution in [-0.2, 0) is 20.7 Å². The Morgan fingerprint density at radius 2 is 1.79 bits per heavy atom. The molecule has 1 aromatic rings. The fourth-order valence-corrected chi connectivity index (χ4v) is 4.30. The van der Waals surface area contributed by atoms with Crippen LogP contribution in [0.25, 0.3) is 0 Å². The summed E-state index contributed by atoms with van der Waals surface area (Å²) in [6, 6.07) is 6.50. The van der Waals surface area contributed by atoms with E-state index in [9.17, 15) is 9.59 Å². The van der Waals surface area contributed by atoms with Gasteiger partial charge in [0.1, 0.15) is 6.10 Å². The summed E-state index contributed by atoms with van der Waals surface area (Å²) in [6.45, 7) is 10.1. The highest BCUT2D eigenvalue weighted by Crippen LogP contribution is 2.30. The summed E-state index contributed by atoms with van der Waals surface area (Å²) in [4.78, 5) is 29.7. The number of benzene rings is 1. The quantitative estimate of drug-likeness (QED) is 0.676. The number of amides is 2. The van der Waals surface area contributed by atoms with E-state index >= 15 is 0 Å². The molecule has 0 spiro atoms. The lowest BCUT2D eigenvalue weighted by Crippen LogP contribution is -2.66. The molecule has 0 N–H and O–H groups in total. The van der Waals surface area contributed by atoms with Gasteiger partial charge in [0.25, 0.3) is 5.91 Å². The molecule has 3 fully saturated rings. The predicted molar refractivity (Wildman–Crippen MR) is 110 cm³/mol. The van der Waals surface area contributed by atoms with Crippen LogP contribution < -0.4 is 0 Å². The second-order valence-corrected chi connectivity index (χ2v) is 8.38. The Hall–Kier alpha value is -1.88. The number of ether oxygens (including phenoxy) is 1. The van der Waals surface area contributed by atoms with Gasteiger partial charge in [-0.05, 0) is 56.7 Å². The van der Waals surface area contributed by atoms with Crippen molar-refractivity contribution >= 4 is 11.8 Å². The molecule has 5 nitrogen and oxygen atoms in total. The Morgan fingerprint density at radius 1 is 1.11 bits per heavy atom. The number of piperidine rings is 2. The number of hydrogen-bond donors (Lipinski definition) is 0. The van der Waals surface area contributed by atoms with Crippen LogP contribution in [0, 0.1) is 13.8 Å². The zero-order valence-electron chi connectivity index (χ0n) is 17.7. The van der Waals surface area contributed by atoms with E-state index in [0.717, 1.165) is 31.2 Å². The van der Waals surface area contributed by atoms with Crippen LogP contribution in [0.3, 0.4) is 0 Å². The first kappa shape index (κ1) is 20.8. The Morgan fingerprint density at radius 3 is 2.39 bits per heavy atom. The molecule has 0 aromatic heterocycles. The van der Waals surface area contributed by atoms with Gasteiger partial charge < -0.3 is 14.5 Å². The van der Waals surface area contributed by atoms with Crippen LogP contribution >= 0.6 is 0 Å². The van der Waals surface area contributed by atoms with Gasteiger partial charge in [-0.3, -0.25) is 9.59 Å². The molecule has 2 amide bonds. The van der Waals surface area contributed by atoms with Gasteiger partial charge in [-0.25, -0.2) is 0 Å². The Balaban J connectivity index is 1.59. The fourth-order valence-electron chi connectivity index (χ4n) is 4.30. The van der Waals surface area contributed by atoms with Gasteiger partial charge in [0.05, 0.1) is 6.42 Å². The first-order valence-electron chi connectivity index (χ1n) is 10.7. The van der Waals surface area contributed by atoms with Crippen LogP contribution in [0.2, 0.25) is 0 Å². The van der Waals surface area contributed by atoms with Crippen molar-refractivity contribution in [1.82, 2.24) is 9.80 Å². The van der Waals surface area contributed by atoms with Crippen LogP contribution in [0.5, 0.6) is 0 Å². The molecular formula is C23H34N2O3. The SMILES string of the molecule is CCCCOC(C)C(=O)N1CC2CCC1CN2C(=O)Cc1ccc(C)c(C)c1. The van der Waals surface area contributed by atoms with Crippen molar-refractivity contribution in [3.8, 4) is 0 Å². The zero-order valence-corrected chi connectivity index (χ0v) is 17.7. The minimum absolute atomic E-state index is 0.0760. The molecule has 3 unspecified atom stereocenters. The summed E-state index contributed by atoms with van der Waals surface area (Å²) in [5.74, 6) is 0.254. The number of hydrogen-bond acceptors (Lipinski definition) is 3. The van der Waals surface area contributed by atoms with Crippen molar-refractivity contribution in [2.75, 3.05) is 19.7 Å². The second kappa shape index (κ2) is 9.08. The van der Waals surface area contributed by atoms with E-state index in [4.69, 9.17) is 4.74 Å². The lowest BCUT2D eigenvalue weighted by molar-refractivity contribution is -0.158. The van der Waals surface area contributed by atoms with Gasteiger partial charge in [0, 0.05) is 31.8 Å². The number of piperazine rings is 1. The molecule has 0 aliphatic carbocycles. The highest BCUT2D eigenvalue weighted by Gasteiger charge is 2.43. The molecule has 3 aliphatic rings. The average Bonchev–Trinajstić information content (AvgIpc) is 2.70. The summed E-state index contributed by atoms with van der Waals surface area (Å²) in [7, 11) is 0. The summed E-state index contributed by atoms with van der Waals surface area (Å²) in [5.41, 5.74) is 3.54. The summed E-state index contributed by atoms with van der Waals surface area (Å²) in [5, 5.41) is 0. The van der Waals surface area contributed by atoms with E-state index < -0.39 is 6.10 Å². The summed E-state index contributed by atoms with van der Waals surface area (Å²) < 4.78 is 5.71. The van der Waals surface area contributed by atoms with E-state index in [2.05, 4.69) is 32.9 Å². The number of carbonyl (C=O) groups excluding carboxylic acids is 2. The average molecular weight is 387 g/mol. The third-order valence-corrected chi connectivity index (χ3v) is 6.27. The van der Waals surface area contributed by atoms with Crippen molar-refractivity contribution in [3.63, 3.8) is 0 Å². The number of rotatable bonds is 7. The molecular weight excluding hydrogens is 352 g/mol. The van der Waals surface area contributed by atoms with E-state index in [1.54, 1.807) is 0 Å². The van der Waals surface area contributed by atoms with Crippen LogP contribution in [0.4, 0.5) is 0 Å². The molecule has 1 aromatic carbocycles. The van der Waals surface area contributed by atoms with Crippen molar-refractivity contribution in [2.45, 2.75) is 78.0 Å². The molecule has 4 rings (SSSR count). The Labute approximate surface area is 169 Å². The monoisotopic (exact) mass is 386 g/mol. The van der Waals surface area contributed by atoms with E-state index in [1.807, 2.05) is 22.8 Å². The van der Waals surface area contributed by atoms with Gasteiger partial charge in [0.15, 0.2) is 0 Å². The third kappa shape index (κ3) is 4.57. The third-order valence-electron chi connectivity index (χ3n) is 6.27. The first-order valence-corrected chi connectivity index (χ1v) is 10.7. The molecule has 0 radical (unpaired) electrons. The van der Waals surface area contributed by atoms with Gasteiger partial charge >= 0.3 is 0 Å². The normalized spacial score (nSPS) is 22.4. The number of unbranched alkanes of at least 4 members (excludes halogenated alkanes) is 1. The smallest absolute Gasteiger partial charge is 0.251 e. The first-order chi connectivity index (χ1) is 13.4. The van der Waals surface area contributed by atoms with Crippen molar-refractivity contribution in [3.05, 3.63) is 34.9 Å². The number of nitrogens with zero attached hydrogens (tertiary/aromatic N) is 2. The maximum atomic E-state index is 12.9. The molecule has 3 aliphatic heterocycles. The second-order valence-electron chi connectivity index (χ2n) is 8.38. The van der Waals surface area contributed by atoms with Gasteiger partial charge in [-0.1, -0.05) is 31.5 Å². The molecule has 2 bridgehead atoms. The zero-order chi connectivity index (χ0) is 20.3. The van der Waals surface area contributed by atoms with E-state index in [1.165, 1.54) is 11.1 Å². The highest BCUT2D eigenvalue weighted by molar-refractivity contribution is 5.83. The van der Waals surface area contributed by atoms with Gasteiger partial charge in [-0.15, -0.1) is 0 Å². The highest BCUT2D eigenvalue weighted by atomic mass is 16.5. The predicted octanol–water partition coefficient (Wildman–Crippen LogP) is 3.25. The van der Waals surface area contributed by atoms with Crippen molar-refractivity contribution in [1.29, 1.82) is 0 Å². The van der Waals surface area contributed by atoms with Crippen LogP contribution in [-0.4, -0.2) is 59.5 Å². The van der Waals surface area contributed by atoms with E-state index in [0.29, 0.717) is 26.1 Å². The lowest BCUT2D eigenvalue weighted by atomic mass is 9.89. The van der Waals surface area contributed by atoms with E-state index in [-0.39, 0.29) is 23.9 Å². The van der Waals surface area contributed by atoms with Crippen LogP contribution in [0.15, 0.2) is 18.2 Å². The molecule has 5 heteroatoms. The molecule has 154 valence electrons. The number of fused-ring (bicyclic) bond motifs is 3. The van der Waals surface area contributed by atoms with Gasteiger partial charge in [-0.2, -0.15) is 0 Å². The molecule has 3 heterocycles. The minimum Gasteiger partial charge on any atom is -0.369 e.